The molecule has 2 aromatic heterocycles. The predicted molar refractivity (Wildman–Crippen MR) is 149 cm³/mol. The number of aromatic nitrogens is 2. The molecule has 1 saturated heterocycles. The molecule has 1 amide bonds. The fourth-order valence-electron chi connectivity index (χ4n) is 4.42. The van der Waals surface area contributed by atoms with Crippen LogP contribution in [-0.2, 0) is 14.6 Å². The summed E-state index contributed by atoms with van der Waals surface area (Å²) in [5.74, 6) is 6.20. The van der Waals surface area contributed by atoms with Crippen molar-refractivity contribution in [3.8, 4) is 17.6 Å². The summed E-state index contributed by atoms with van der Waals surface area (Å²) in [4.78, 5) is 18.1. The number of sulfone groups is 1. The van der Waals surface area contributed by atoms with Crippen molar-refractivity contribution < 1.29 is 22.3 Å². The van der Waals surface area contributed by atoms with Gasteiger partial charge in [0.15, 0.2) is 15.5 Å². The van der Waals surface area contributed by atoms with Crippen molar-refractivity contribution in [2.45, 2.75) is 23.5 Å². The van der Waals surface area contributed by atoms with Crippen molar-refractivity contribution in [1.82, 2.24) is 14.3 Å². The summed E-state index contributed by atoms with van der Waals surface area (Å²) >= 11 is 0. The van der Waals surface area contributed by atoms with Crippen LogP contribution in [0.2, 0.25) is 0 Å². The Hall–Kier alpha value is -4.08. The van der Waals surface area contributed by atoms with Gasteiger partial charge in [-0.25, -0.2) is 17.8 Å². The average Bonchev–Trinajstić information content (AvgIpc) is 3.29. The second-order valence-corrected chi connectivity index (χ2v) is 11.1. The Morgan fingerprint density at radius 2 is 2.15 bits per heavy atom. The van der Waals surface area contributed by atoms with E-state index in [1.54, 1.807) is 12.1 Å². The number of anilines is 2. The lowest BCUT2D eigenvalue weighted by atomic mass is 10.0. The number of fused-ring (bicyclic) bond motifs is 1. The van der Waals surface area contributed by atoms with E-state index in [0.29, 0.717) is 47.1 Å². The number of imidazole rings is 1. The van der Waals surface area contributed by atoms with Crippen LogP contribution in [0.5, 0.6) is 5.75 Å². The number of nitrogens with one attached hydrogen (secondary N) is 2. The number of nitrogens with two attached hydrogens (primary N) is 1. The van der Waals surface area contributed by atoms with Crippen molar-refractivity contribution in [2.24, 2.45) is 5.73 Å². The molecule has 39 heavy (non-hydrogen) atoms. The van der Waals surface area contributed by atoms with Gasteiger partial charge in [0.05, 0.1) is 54.8 Å². The highest BCUT2D eigenvalue weighted by molar-refractivity contribution is 7.90. The molecule has 3 aromatic rings. The van der Waals surface area contributed by atoms with E-state index in [0.717, 1.165) is 6.26 Å². The quantitative estimate of drug-likeness (QED) is 0.361. The smallest absolute Gasteiger partial charge is 0.236 e. The number of alkyl halides is 1. The first kappa shape index (κ1) is 27.9. The maximum absolute atomic E-state index is 14.9. The number of piperidine rings is 1. The molecular formula is C27H31FN6O4S. The average molecular weight is 555 g/mol. The molecule has 0 aliphatic carbocycles. The van der Waals surface area contributed by atoms with Crippen molar-refractivity contribution >= 4 is 38.8 Å². The Balaban J connectivity index is 1.51. The lowest BCUT2D eigenvalue weighted by molar-refractivity contribution is -0.131. The van der Waals surface area contributed by atoms with E-state index in [2.05, 4.69) is 34.0 Å². The maximum atomic E-state index is 14.9. The van der Waals surface area contributed by atoms with Gasteiger partial charge in [0.1, 0.15) is 17.6 Å². The van der Waals surface area contributed by atoms with Gasteiger partial charge in [-0.15, -0.1) is 0 Å². The Bertz CT molecular complexity index is 1560. The highest BCUT2D eigenvalue weighted by atomic mass is 32.2. The summed E-state index contributed by atoms with van der Waals surface area (Å²) in [7, 11) is -1.90. The molecule has 0 bridgehead atoms. The monoisotopic (exact) mass is 554 g/mol. The number of carbonyl (C=O) groups is 1. The second kappa shape index (κ2) is 11.8. The number of hydrogen-bond acceptors (Lipinski definition) is 8. The van der Waals surface area contributed by atoms with Crippen LogP contribution in [0.4, 0.5) is 15.8 Å². The van der Waals surface area contributed by atoms with E-state index in [1.807, 2.05) is 22.7 Å². The van der Waals surface area contributed by atoms with Crippen LogP contribution in [0.3, 0.4) is 0 Å². The lowest BCUT2D eigenvalue weighted by Crippen LogP contribution is -2.51. The van der Waals surface area contributed by atoms with Gasteiger partial charge in [0.2, 0.25) is 5.91 Å². The zero-order valence-corrected chi connectivity index (χ0v) is 22.6. The molecule has 1 fully saturated rings. The molecule has 0 spiro atoms. The van der Waals surface area contributed by atoms with Crippen LogP contribution < -0.4 is 21.1 Å². The summed E-state index contributed by atoms with van der Waals surface area (Å²) < 4.78 is 45.7. The number of hydrogen-bond donors (Lipinski definition) is 3. The third-order valence-electron chi connectivity index (χ3n) is 6.47. The fraction of sp³-hybridized carbons (Fsp3) is 0.333. The van der Waals surface area contributed by atoms with Crippen LogP contribution >= 0.6 is 0 Å². The third-order valence-corrected chi connectivity index (χ3v) is 7.58. The molecule has 0 radical (unpaired) electrons. The van der Waals surface area contributed by atoms with Gasteiger partial charge in [-0.3, -0.25) is 9.20 Å². The number of pyridine rings is 1. The molecule has 10 nitrogen and oxygen atoms in total. The van der Waals surface area contributed by atoms with Crippen LogP contribution in [0, 0.1) is 11.8 Å². The third kappa shape index (κ3) is 6.16. The van der Waals surface area contributed by atoms with E-state index in [-0.39, 0.29) is 30.4 Å². The van der Waals surface area contributed by atoms with E-state index in [9.17, 15) is 17.6 Å². The number of halogens is 1. The van der Waals surface area contributed by atoms with Crippen LogP contribution in [0.15, 0.2) is 48.0 Å². The fourth-order valence-corrected chi connectivity index (χ4v) is 5.06. The molecule has 206 valence electrons. The standard InChI is InChI=1S/C27H31FN6O4S/c1-4-24-21(7-5-12-30-22-10-9-18(39(3,36)37)15-25(22)38-2)32-27-23(8-6-13-34(24)27)31-20-11-14-33(17-19(20)28)26(35)16-29/h4,6,8-10,13,15,19-20,30-31H,1,11-12,14,16-17,29H2,2-3H3/t19-,20+/m0/s1. The number of rotatable bonds is 8. The largest absolute Gasteiger partial charge is 0.495 e. The molecule has 4 rings (SSSR count). The van der Waals surface area contributed by atoms with Crippen molar-refractivity contribution in [3.05, 3.63) is 54.5 Å². The highest BCUT2D eigenvalue weighted by Crippen LogP contribution is 2.28. The lowest BCUT2D eigenvalue weighted by Gasteiger charge is -2.35. The Kier molecular flexibility index (Phi) is 8.42. The molecule has 12 heteroatoms. The van der Waals surface area contributed by atoms with E-state index in [4.69, 9.17) is 10.5 Å². The molecule has 1 aliphatic heterocycles. The van der Waals surface area contributed by atoms with Gasteiger partial charge in [0, 0.05) is 25.1 Å². The van der Waals surface area contributed by atoms with E-state index < -0.39 is 22.1 Å². The Morgan fingerprint density at radius 3 is 2.82 bits per heavy atom. The number of amides is 1. The number of benzene rings is 1. The van der Waals surface area contributed by atoms with Crippen LogP contribution in [0.1, 0.15) is 17.8 Å². The molecule has 3 heterocycles. The first-order valence-corrected chi connectivity index (χ1v) is 14.2. The molecule has 4 N–H and O–H groups in total. The first-order chi connectivity index (χ1) is 18.7. The normalized spacial score (nSPS) is 17.3. The number of likely N-dealkylation sites (tertiary alicyclic amines) is 1. The molecule has 0 saturated carbocycles. The van der Waals surface area contributed by atoms with Crippen LogP contribution in [-0.4, -0.2) is 80.4 Å². The number of carbonyl (C=O) groups excluding carboxylic acids is 1. The topological polar surface area (TPSA) is 131 Å². The second-order valence-electron chi connectivity index (χ2n) is 9.05. The van der Waals surface area contributed by atoms with Gasteiger partial charge < -0.3 is 26.0 Å². The molecular weight excluding hydrogens is 523 g/mol. The summed E-state index contributed by atoms with van der Waals surface area (Å²) in [6.45, 7) is 4.42. The Morgan fingerprint density at radius 1 is 1.36 bits per heavy atom. The van der Waals surface area contributed by atoms with Crippen molar-refractivity contribution in [1.29, 1.82) is 0 Å². The number of nitrogens with zero attached hydrogens (tertiary/aromatic N) is 3. The summed E-state index contributed by atoms with van der Waals surface area (Å²) in [5, 5.41) is 6.38. The summed E-state index contributed by atoms with van der Waals surface area (Å²) in [6.07, 6.45) is 3.81. The van der Waals surface area contributed by atoms with Gasteiger partial charge in [-0.05, 0) is 42.7 Å². The zero-order valence-electron chi connectivity index (χ0n) is 21.8. The van der Waals surface area contributed by atoms with E-state index in [1.165, 1.54) is 24.1 Å². The maximum Gasteiger partial charge on any atom is 0.236 e. The number of ether oxygens (including phenoxy) is 1. The van der Waals surface area contributed by atoms with E-state index >= 15 is 0 Å². The van der Waals surface area contributed by atoms with Crippen LogP contribution in [0.25, 0.3) is 11.7 Å². The van der Waals surface area contributed by atoms with Crippen molar-refractivity contribution in [3.63, 3.8) is 0 Å². The molecule has 1 aromatic carbocycles. The van der Waals surface area contributed by atoms with Gasteiger partial charge >= 0.3 is 0 Å². The summed E-state index contributed by atoms with van der Waals surface area (Å²) in [6, 6.07) is 7.76. The molecule has 0 unspecified atom stereocenters. The van der Waals surface area contributed by atoms with Gasteiger partial charge in [-0.1, -0.05) is 12.5 Å². The SMILES string of the molecule is C=Cc1c(C#CCNc2ccc(S(C)(=O)=O)cc2OC)nc2c(N[C@@H]3CCN(C(=O)CN)C[C@@H]3F)cccn12. The minimum Gasteiger partial charge on any atom is -0.495 e. The molecule has 1 aliphatic rings. The first-order valence-electron chi connectivity index (χ1n) is 12.3. The van der Waals surface area contributed by atoms with Gasteiger partial charge in [0.25, 0.3) is 0 Å². The minimum absolute atomic E-state index is 0.00530. The minimum atomic E-state index is -3.36. The van der Waals surface area contributed by atoms with Crippen molar-refractivity contribution in [2.75, 3.05) is 50.2 Å². The number of methoxy groups -OCH3 is 1. The van der Waals surface area contributed by atoms with Gasteiger partial charge in [-0.2, -0.15) is 0 Å². The highest BCUT2D eigenvalue weighted by Gasteiger charge is 2.31. The molecule has 2 atom stereocenters. The summed E-state index contributed by atoms with van der Waals surface area (Å²) in [5.41, 5.74) is 8.43. The zero-order chi connectivity index (χ0) is 28.2. The predicted octanol–water partition coefficient (Wildman–Crippen LogP) is 2.16. The Labute approximate surface area is 227 Å².